The molecule has 0 aromatic heterocycles. The fraction of sp³-hybridized carbons (Fsp3) is 0.950. The Kier molecular flexibility index (Phi) is 20.0. The molecule has 0 bridgehead atoms. The van der Waals surface area contributed by atoms with E-state index in [1.165, 1.54) is 19.3 Å². The number of hydrogen-bond acceptors (Lipinski definition) is 4. The van der Waals surface area contributed by atoms with Crippen LogP contribution in [0.2, 0.25) is 0 Å². The number of aliphatic carboxylic acids is 1. The SMILES string of the molecule is CCCCCCCCCCC(CCCCCCCC)(C(=O)[O-])S(=O)(=O)O.[K+]. The van der Waals surface area contributed by atoms with Crippen molar-refractivity contribution >= 4 is 16.1 Å². The Morgan fingerprint density at radius 1 is 0.741 bits per heavy atom. The van der Waals surface area contributed by atoms with Gasteiger partial charge in [-0.15, -0.1) is 0 Å². The van der Waals surface area contributed by atoms with Crippen molar-refractivity contribution in [2.45, 2.75) is 121 Å². The van der Waals surface area contributed by atoms with E-state index in [1.54, 1.807) is 0 Å². The molecule has 0 amide bonds. The summed E-state index contributed by atoms with van der Waals surface area (Å²) in [4.78, 5) is 11.6. The first-order chi connectivity index (χ1) is 12.3. The van der Waals surface area contributed by atoms with Crippen molar-refractivity contribution in [3.8, 4) is 0 Å². The van der Waals surface area contributed by atoms with Gasteiger partial charge in [0.1, 0.15) is 4.75 Å². The van der Waals surface area contributed by atoms with Gasteiger partial charge in [-0.3, -0.25) is 4.55 Å². The Hall–Kier alpha value is 1.02. The summed E-state index contributed by atoms with van der Waals surface area (Å²) < 4.78 is 31.1. The van der Waals surface area contributed by atoms with Crippen LogP contribution in [0.25, 0.3) is 0 Å². The maximum absolute atomic E-state index is 11.8. The quantitative estimate of drug-likeness (QED) is 0.203. The van der Waals surface area contributed by atoms with Crippen LogP contribution >= 0.6 is 0 Å². The van der Waals surface area contributed by atoms with Crippen molar-refractivity contribution in [1.82, 2.24) is 0 Å². The second-order valence-corrected chi connectivity index (χ2v) is 9.23. The van der Waals surface area contributed by atoms with Gasteiger partial charge in [0.15, 0.2) is 0 Å². The molecular weight excluding hydrogens is 391 g/mol. The summed E-state index contributed by atoms with van der Waals surface area (Å²) in [5, 5.41) is 11.6. The van der Waals surface area contributed by atoms with E-state index in [0.29, 0.717) is 12.8 Å². The molecule has 0 fully saturated rings. The fourth-order valence-corrected chi connectivity index (χ4v) is 4.44. The summed E-state index contributed by atoms with van der Waals surface area (Å²) in [5.74, 6) is -1.66. The van der Waals surface area contributed by atoms with Crippen LogP contribution in [0.4, 0.5) is 0 Å². The van der Waals surface area contributed by atoms with Crippen LogP contribution in [-0.2, 0) is 14.9 Å². The first kappa shape index (κ1) is 30.2. The van der Waals surface area contributed by atoms with Gasteiger partial charge >= 0.3 is 51.4 Å². The smallest absolute Gasteiger partial charge is 0.548 e. The van der Waals surface area contributed by atoms with Crippen molar-refractivity contribution in [2.75, 3.05) is 0 Å². The van der Waals surface area contributed by atoms with Gasteiger partial charge < -0.3 is 9.90 Å². The second-order valence-electron chi connectivity index (χ2n) is 7.50. The van der Waals surface area contributed by atoms with Crippen molar-refractivity contribution < 1.29 is 74.3 Å². The molecule has 0 heterocycles. The van der Waals surface area contributed by atoms with Gasteiger partial charge in [0, 0.05) is 0 Å². The van der Waals surface area contributed by atoms with E-state index >= 15 is 0 Å². The first-order valence-electron chi connectivity index (χ1n) is 10.5. The minimum atomic E-state index is -4.69. The molecule has 0 aliphatic heterocycles. The van der Waals surface area contributed by atoms with Crippen LogP contribution in [0, 0.1) is 0 Å². The third-order valence-corrected chi connectivity index (χ3v) is 6.80. The van der Waals surface area contributed by atoms with E-state index in [1.807, 2.05) is 0 Å². The van der Waals surface area contributed by atoms with Crippen LogP contribution in [0.1, 0.15) is 117 Å². The monoisotopic (exact) mass is 430 g/mol. The molecule has 1 N–H and O–H groups in total. The zero-order chi connectivity index (χ0) is 19.9. The van der Waals surface area contributed by atoms with Gasteiger partial charge in [0.25, 0.3) is 10.1 Å². The maximum Gasteiger partial charge on any atom is 1.00 e. The molecule has 0 rings (SSSR count). The van der Waals surface area contributed by atoms with E-state index in [0.717, 1.165) is 57.8 Å². The molecule has 0 spiro atoms. The van der Waals surface area contributed by atoms with E-state index in [4.69, 9.17) is 0 Å². The summed E-state index contributed by atoms with van der Waals surface area (Å²) in [6, 6.07) is 0. The molecule has 0 radical (unpaired) electrons. The topological polar surface area (TPSA) is 94.5 Å². The summed E-state index contributed by atoms with van der Waals surface area (Å²) >= 11 is 0. The Labute approximate surface area is 209 Å². The van der Waals surface area contributed by atoms with Crippen molar-refractivity contribution in [3.63, 3.8) is 0 Å². The average molecular weight is 431 g/mol. The Morgan fingerprint density at radius 2 is 1.04 bits per heavy atom. The summed E-state index contributed by atoms with van der Waals surface area (Å²) in [7, 11) is -4.69. The molecule has 7 heteroatoms. The van der Waals surface area contributed by atoms with Crippen LogP contribution in [0.5, 0.6) is 0 Å². The van der Waals surface area contributed by atoms with Gasteiger partial charge in [-0.2, -0.15) is 8.42 Å². The Balaban J connectivity index is 0. The van der Waals surface area contributed by atoms with Gasteiger partial charge in [-0.1, -0.05) is 104 Å². The molecule has 0 aliphatic rings. The largest absolute Gasteiger partial charge is 1.00 e. The second kappa shape index (κ2) is 17.8. The number of carbonyl (C=O) groups is 1. The zero-order valence-electron chi connectivity index (χ0n) is 17.8. The summed E-state index contributed by atoms with van der Waals surface area (Å²) in [5.41, 5.74) is 0. The number of carboxylic acids is 1. The van der Waals surface area contributed by atoms with Gasteiger partial charge in [-0.05, 0) is 12.8 Å². The number of carbonyl (C=O) groups excluding carboxylic acids is 1. The maximum atomic E-state index is 11.8. The summed E-state index contributed by atoms with van der Waals surface area (Å²) in [6.45, 7) is 4.28. The molecule has 27 heavy (non-hydrogen) atoms. The van der Waals surface area contributed by atoms with Gasteiger partial charge in [0.2, 0.25) is 0 Å². The Bertz CT molecular complexity index is 467. The van der Waals surface area contributed by atoms with Crippen LogP contribution in [0.3, 0.4) is 0 Å². The molecule has 5 nitrogen and oxygen atoms in total. The number of unbranched alkanes of at least 4 members (excludes halogenated alkanes) is 12. The molecule has 0 aromatic carbocycles. The minimum absolute atomic E-state index is 0. The van der Waals surface area contributed by atoms with E-state index < -0.39 is 20.8 Å². The standard InChI is InChI=1S/C20H40O5S.K/c1-3-5-7-9-11-12-14-16-18-20(19(21)22,26(23,24)25)17-15-13-10-8-6-4-2;/h3-18H2,1-2H3,(H,21,22)(H,23,24,25);/q;+1/p-1. The van der Waals surface area contributed by atoms with E-state index in [2.05, 4.69) is 13.8 Å². The van der Waals surface area contributed by atoms with Gasteiger partial charge in [-0.25, -0.2) is 0 Å². The molecule has 1 unspecified atom stereocenters. The molecular formula is C20H39KO5S. The fourth-order valence-electron chi connectivity index (χ4n) is 3.43. The zero-order valence-corrected chi connectivity index (χ0v) is 21.7. The number of rotatable bonds is 18. The molecule has 0 saturated heterocycles. The number of carboxylic acid groups (broad SMARTS) is 1. The van der Waals surface area contributed by atoms with Crippen molar-refractivity contribution in [1.29, 1.82) is 0 Å². The molecule has 1 atom stereocenters. The summed E-state index contributed by atoms with van der Waals surface area (Å²) in [6.07, 6.45) is 13.5. The van der Waals surface area contributed by atoms with Crippen LogP contribution in [-0.4, -0.2) is 23.7 Å². The minimum Gasteiger partial charge on any atom is -0.548 e. The number of hydrogen-bond donors (Lipinski definition) is 1. The predicted octanol–water partition coefficient (Wildman–Crippen LogP) is 1.65. The van der Waals surface area contributed by atoms with Gasteiger partial charge in [0.05, 0.1) is 5.97 Å². The van der Waals surface area contributed by atoms with Crippen LogP contribution in [0.15, 0.2) is 0 Å². The molecule has 0 aromatic rings. The normalized spacial score (nSPS) is 13.7. The first-order valence-corrected chi connectivity index (χ1v) is 11.9. The predicted molar refractivity (Wildman–Crippen MR) is 105 cm³/mol. The average Bonchev–Trinajstić information content (AvgIpc) is 2.57. The van der Waals surface area contributed by atoms with Crippen LogP contribution < -0.4 is 56.5 Å². The van der Waals surface area contributed by atoms with E-state index in [9.17, 15) is 22.9 Å². The van der Waals surface area contributed by atoms with Crippen molar-refractivity contribution in [2.24, 2.45) is 0 Å². The third-order valence-electron chi connectivity index (χ3n) is 5.23. The third kappa shape index (κ3) is 13.0. The molecule has 0 saturated carbocycles. The van der Waals surface area contributed by atoms with Crippen molar-refractivity contribution in [3.05, 3.63) is 0 Å². The Morgan fingerprint density at radius 3 is 1.30 bits per heavy atom. The molecule has 156 valence electrons. The van der Waals surface area contributed by atoms with E-state index in [-0.39, 0.29) is 64.2 Å². The molecule has 0 aliphatic carbocycles.